The van der Waals surface area contributed by atoms with Crippen LogP contribution < -0.4 is 10.1 Å². The number of carbonyl (C=O) groups excluding carboxylic acids is 1. The van der Waals surface area contributed by atoms with E-state index in [9.17, 15) is 9.59 Å². The third-order valence-electron chi connectivity index (χ3n) is 3.77. The summed E-state index contributed by atoms with van der Waals surface area (Å²) in [5.41, 5.74) is 0.389. The number of nitrogens with one attached hydrogen (secondary N) is 1. The van der Waals surface area contributed by atoms with Gasteiger partial charge in [0.2, 0.25) is 0 Å². The van der Waals surface area contributed by atoms with Crippen LogP contribution in [0.15, 0.2) is 18.2 Å². The maximum atomic E-state index is 12.4. The quantitative estimate of drug-likeness (QED) is 0.842. The molecule has 0 saturated heterocycles. The molecule has 2 atom stereocenters. The van der Waals surface area contributed by atoms with Crippen molar-refractivity contribution in [3.63, 3.8) is 0 Å². The summed E-state index contributed by atoms with van der Waals surface area (Å²) >= 11 is 5.96. The van der Waals surface area contributed by atoms with Gasteiger partial charge >= 0.3 is 5.97 Å². The Morgan fingerprint density at radius 3 is 2.82 bits per heavy atom. The average molecular weight is 326 g/mol. The minimum Gasteiger partial charge on any atom is -0.493 e. The van der Waals surface area contributed by atoms with Crippen LogP contribution in [0, 0.1) is 5.92 Å². The first-order chi connectivity index (χ1) is 10.5. The number of rotatable bonds is 6. The lowest BCUT2D eigenvalue weighted by atomic mass is 10.1. The largest absolute Gasteiger partial charge is 0.493 e. The Hall–Kier alpha value is -1.75. The number of hydrogen-bond acceptors (Lipinski definition) is 3. The van der Waals surface area contributed by atoms with Gasteiger partial charge in [-0.15, -0.1) is 0 Å². The summed E-state index contributed by atoms with van der Waals surface area (Å²) in [6, 6.07) is 4.82. The highest BCUT2D eigenvalue weighted by molar-refractivity contribution is 6.31. The maximum absolute atomic E-state index is 12.4. The van der Waals surface area contributed by atoms with Crippen molar-refractivity contribution in [3.05, 3.63) is 28.8 Å². The van der Waals surface area contributed by atoms with Gasteiger partial charge in [-0.3, -0.25) is 9.59 Å². The Morgan fingerprint density at radius 1 is 1.41 bits per heavy atom. The molecule has 1 fully saturated rings. The summed E-state index contributed by atoms with van der Waals surface area (Å²) in [6.45, 7) is 2.51. The van der Waals surface area contributed by atoms with Gasteiger partial charge in [-0.1, -0.05) is 18.5 Å². The first-order valence-corrected chi connectivity index (χ1v) is 7.85. The second-order valence-corrected chi connectivity index (χ2v) is 5.94. The smallest absolute Gasteiger partial charge is 0.306 e. The lowest BCUT2D eigenvalue weighted by molar-refractivity contribution is -0.141. The molecule has 0 spiro atoms. The fourth-order valence-corrected chi connectivity index (χ4v) is 2.79. The highest BCUT2D eigenvalue weighted by atomic mass is 35.5. The van der Waals surface area contributed by atoms with E-state index in [-0.39, 0.29) is 17.9 Å². The Kier molecular flexibility index (Phi) is 5.66. The van der Waals surface area contributed by atoms with E-state index in [2.05, 4.69) is 5.32 Å². The molecule has 1 aromatic rings. The molecule has 0 aliphatic heterocycles. The van der Waals surface area contributed by atoms with Gasteiger partial charge < -0.3 is 15.2 Å². The first kappa shape index (κ1) is 16.6. The lowest BCUT2D eigenvalue weighted by Gasteiger charge is -2.15. The molecule has 2 N–H and O–H groups in total. The molecule has 120 valence electrons. The van der Waals surface area contributed by atoms with Gasteiger partial charge in [0.1, 0.15) is 5.75 Å². The molecule has 0 bridgehead atoms. The molecule has 2 rings (SSSR count). The fraction of sp³-hybridized carbons (Fsp3) is 0.500. The Labute approximate surface area is 134 Å². The van der Waals surface area contributed by atoms with Gasteiger partial charge in [0, 0.05) is 11.1 Å². The summed E-state index contributed by atoms with van der Waals surface area (Å²) in [4.78, 5) is 23.4. The molecule has 0 heterocycles. The zero-order valence-corrected chi connectivity index (χ0v) is 13.2. The summed E-state index contributed by atoms with van der Waals surface area (Å²) in [6.07, 6.45) is 2.57. The fourth-order valence-electron chi connectivity index (χ4n) is 2.62. The predicted octanol–water partition coefficient (Wildman–Crippen LogP) is 3.11. The second-order valence-electron chi connectivity index (χ2n) is 5.51. The molecule has 22 heavy (non-hydrogen) atoms. The van der Waals surface area contributed by atoms with E-state index in [0.29, 0.717) is 42.2 Å². The van der Waals surface area contributed by atoms with Crippen molar-refractivity contribution in [1.82, 2.24) is 5.32 Å². The molecule has 1 aliphatic rings. The molecule has 5 nitrogen and oxygen atoms in total. The number of carboxylic acids is 1. The molecular weight excluding hydrogens is 306 g/mol. The van der Waals surface area contributed by atoms with Crippen LogP contribution in [0.5, 0.6) is 5.75 Å². The van der Waals surface area contributed by atoms with Crippen LogP contribution in [0.1, 0.15) is 43.0 Å². The van der Waals surface area contributed by atoms with E-state index >= 15 is 0 Å². The normalized spacial score (nSPS) is 20.6. The van der Waals surface area contributed by atoms with Crippen LogP contribution in [0.3, 0.4) is 0 Å². The number of benzene rings is 1. The minimum absolute atomic E-state index is 0.119. The van der Waals surface area contributed by atoms with Gasteiger partial charge in [0.15, 0.2) is 0 Å². The summed E-state index contributed by atoms with van der Waals surface area (Å²) in [5.74, 6) is -0.951. The van der Waals surface area contributed by atoms with Crippen LogP contribution in [0.4, 0.5) is 0 Å². The predicted molar refractivity (Wildman–Crippen MR) is 83.5 cm³/mol. The van der Waals surface area contributed by atoms with E-state index in [1.54, 1.807) is 18.2 Å². The van der Waals surface area contributed by atoms with Crippen LogP contribution in [0.25, 0.3) is 0 Å². The highest BCUT2D eigenvalue weighted by Crippen LogP contribution is 2.27. The van der Waals surface area contributed by atoms with Crippen molar-refractivity contribution >= 4 is 23.5 Å². The number of carboxylic acid groups (broad SMARTS) is 1. The van der Waals surface area contributed by atoms with Crippen LogP contribution in [-0.2, 0) is 4.79 Å². The third kappa shape index (κ3) is 4.13. The Bertz CT molecular complexity index is 561. The minimum atomic E-state index is -0.800. The topological polar surface area (TPSA) is 75.6 Å². The zero-order valence-electron chi connectivity index (χ0n) is 12.5. The molecule has 0 aromatic heterocycles. The van der Waals surface area contributed by atoms with Crippen molar-refractivity contribution < 1.29 is 19.4 Å². The second kappa shape index (κ2) is 7.49. The van der Waals surface area contributed by atoms with E-state index in [4.69, 9.17) is 21.4 Å². The van der Waals surface area contributed by atoms with E-state index in [1.165, 1.54) is 0 Å². The SMILES string of the molecule is CCCOc1ccc(Cl)cc1C(=O)N[C@H]1CC[C@@H](C(=O)O)C1. The van der Waals surface area contributed by atoms with Crippen LogP contribution in [-0.4, -0.2) is 29.6 Å². The number of amides is 1. The third-order valence-corrected chi connectivity index (χ3v) is 4.00. The molecule has 1 saturated carbocycles. The number of ether oxygens (including phenoxy) is 1. The molecule has 1 amide bonds. The Morgan fingerprint density at radius 2 is 2.18 bits per heavy atom. The summed E-state index contributed by atoms with van der Waals surface area (Å²) < 4.78 is 5.57. The number of carbonyl (C=O) groups is 2. The molecule has 1 aliphatic carbocycles. The first-order valence-electron chi connectivity index (χ1n) is 7.47. The Balaban J connectivity index is 2.06. The maximum Gasteiger partial charge on any atom is 0.306 e. The number of hydrogen-bond donors (Lipinski definition) is 2. The standard InChI is InChI=1S/C16H20ClNO4/c1-2-7-22-14-6-4-11(17)9-13(14)15(19)18-12-5-3-10(8-12)16(20)21/h4,6,9-10,12H,2-3,5,7-8H2,1H3,(H,18,19)(H,20,21)/t10-,12+/m1/s1. The molecule has 0 radical (unpaired) electrons. The van der Waals surface area contributed by atoms with Gasteiger partial charge in [-0.25, -0.2) is 0 Å². The van der Waals surface area contributed by atoms with Crippen molar-refractivity contribution in [3.8, 4) is 5.75 Å². The monoisotopic (exact) mass is 325 g/mol. The van der Waals surface area contributed by atoms with E-state index < -0.39 is 5.97 Å². The van der Waals surface area contributed by atoms with Gasteiger partial charge in [-0.2, -0.15) is 0 Å². The lowest BCUT2D eigenvalue weighted by Crippen LogP contribution is -2.33. The number of aliphatic carboxylic acids is 1. The van der Waals surface area contributed by atoms with Crippen molar-refractivity contribution in [2.45, 2.75) is 38.6 Å². The van der Waals surface area contributed by atoms with Gasteiger partial charge in [0.25, 0.3) is 5.91 Å². The summed E-state index contributed by atoms with van der Waals surface area (Å²) in [5, 5.41) is 12.4. The highest BCUT2D eigenvalue weighted by Gasteiger charge is 2.31. The molecular formula is C16H20ClNO4. The zero-order chi connectivity index (χ0) is 16.1. The van der Waals surface area contributed by atoms with Crippen LogP contribution in [0.2, 0.25) is 5.02 Å². The molecule has 6 heteroatoms. The van der Waals surface area contributed by atoms with E-state index in [0.717, 1.165) is 6.42 Å². The van der Waals surface area contributed by atoms with Gasteiger partial charge in [-0.05, 0) is 43.9 Å². The molecule has 1 aromatic carbocycles. The van der Waals surface area contributed by atoms with Crippen molar-refractivity contribution in [2.75, 3.05) is 6.61 Å². The van der Waals surface area contributed by atoms with Gasteiger partial charge in [0.05, 0.1) is 18.1 Å². The van der Waals surface area contributed by atoms with E-state index in [1.807, 2.05) is 6.92 Å². The van der Waals surface area contributed by atoms with Crippen molar-refractivity contribution in [1.29, 1.82) is 0 Å². The van der Waals surface area contributed by atoms with Crippen LogP contribution >= 0.6 is 11.6 Å². The van der Waals surface area contributed by atoms with Crippen molar-refractivity contribution in [2.24, 2.45) is 5.92 Å². The number of halogens is 1. The average Bonchev–Trinajstić information content (AvgIpc) is 2.94. The summed E-state index contributed by atoms with van der Waals surface area (Å²) in [7, 11) is 0. The molecule has 0 unspecified atom stereocenters.